The van der Waals surface area contributed by atoms with E-state index < -0.39 is 0 Å². The van der Waals surface area contributed by atoms with Crippen LogP contribution in [-0.2, 0) is 0 Å². The molecule has 1 fully saturated rings. The lowest BCUT2D eigenvalue weighted by Crippen LogP contribution is -3.00. The summed E-state index contributed by atoms with van der Waals surface area (Å²) in [5.41, 5.74) is 1.05. The van der Waals surface area contributed by atoms with Crippen LogP contribution in [0.1, 0.15) is 24.5 Å². The third-order valence-electron chi connectivity index (χ3n) is 3.44. The highest BCUT2D eigenvalue weighted by molar-refractivity contribution is 5.17. The van der Waals surface area contributed by atoms with Gasteiger partial charge in [-0.1, -0.05) is 30.3 Å². The fourth-order valence-corrected chi connectivity index (χ4v) is 2.48. The highest BCUT2D eigenvalue weighted by atomic mass is 127. The molecule has 1 aromatic carbocycles. The minimum Gasteiger partial charge on any atom is -1.00 e. The molecule has 0 amide bonds. The zero-order valence-electron chi connectivity index (χ0n) is 9.77. The van der Waals surface area contributed by atoms with Gasteiger partial charge in [0, 0.05) is 12.8 Å². The van der Waals surface area contributed by atoms with Crippen molar-refractivity contribution in [1.29, 1.82) is 0 Å². The Morgan fingerprint density at radius 1 is 1.19 bits per heavy atom. The minimum atomic E-state index is -0.311. The van der Waals surface area contributed by atoms with Crippen molar-refractivity contribution in [2.45, 2.75) is 18.9 Å². The van der Waals surface area contributed by atoms with Crippen LogP contribution < -0.4 is 24.0 Å². The van der Waals surface area contributed by atoms with E-state index in [0.717, 1.165) is 16.6 Å². The van der Waals surface area contributed by atoms with Crippen molar-refractivity contribution in [3.63, 3.8) is 0 Å². The van der Waals surface area contributed by atoms with Gasteiger partial charge in [-0.15, -0.1) is 0 Å². The second kappa shape index (κ2) is 5.98. The van der Waals surface area contributed by atoms with Crippen molar-refractivity contribution in [3.8, 4) is 0 Å². The number of aliphatic hydroxyl groups excluding tert-OH is 1. The van der Waals surface area contributed by atoms with E-state index in [1.807, 2.05) is 30.3 Å². The summed E-state index contributed by atoms with van der Waals surface area (Å²) in [6.07, 6.45) is 2.30. The van der Waals surface area contributed by atoms with Gasteiger partial charge < -0.3 is 33.6 Å². The Bertz CT molecular complexity index is 309. The van der Waals surface area contributed by atoms with E-state index in [9.17, 15) is 5.11 Å². The molecule has 0 aromatic heterocycles. The lowest BCUT2D eigenvalue weighted by Gasteiger charge is -2.31. The van der Waals surface area contributed by atoms with Gasteiger partial charge in [0.2, 0.25) is 0 Å². The first-order valence-corrected chi connectivity index (χ1v) is 5.76. The van der Waals surface area contributed by atoms with E-state index >= 15 is 0 Å². The molecule has 0 saturated carbocycles. The van der Waals surface area contributed by atoms with Gasteiger partial charge in [0.05, 0.1) is 20.1 Å². The molecule has 1 aliphatic rings. The van der Waals surface area contributed by atoms with Gasteiger partial charge in [-0.2, -0.15) is 0 Å². The average Bonchev–Trinajstić information content (AvgIpc) is 2.66. The zero-order valence-corrected chi connectivity index (χ0v) is 11.9. The number of benzene rings is 1. The predicted octanol–water partition coefficient (Wildman–Crippen LogP) is -1.04. The van der Waals surface area contributed by atoms with E-state index in [0.29, 0.717) is 0 Å². The molecule has 90 valence electrons. The van der Waals surface area contributed by atoms with Crippen molar-refractivity contribution in [1.82, 2.24) is 0 Å². The molecule has 1 atom stereocenters. The lowest BCUT2D eigenvalue weighted by atomic mass is 10.1. The van der Waals surface area contributed by atoms with Crippen molar-refractivity contribution in [3.05, 3.63) is 35.9 Å². The predicted molar refractivity (Wildman–Crippen MR) is 61.4 cm³/mol. The highest BCUT2D eigenvalue weighted by Gasteiger charge is 2.29. The molecule has 0 bridgehead atoms. The topological polar surface area (TPSA) is 20.2 Å². The van der Waals surface area contributed by atoms with Crippen molar-refractivity contribution in [2.75, 3.05) is 26.7 Å². The van der Waals surface area contributed by atoms with Crippen LogP contribution >= 0.6 is 0 Å². The first kappa shape index (κ1) is 13.9. The molecule has 1 aliphatic heterocycles. The van der Waals surface area contributed by atoms with Gasteiger partial charge in [-0.05, 0) is 5.56 Å². The molecule has 3 heteroatoms. The average molecular weight is 333 g/mol. The summed E-state index contributed by atoms with van der Waals surface area (Å²) < 4.78 is 1.02. The molecule has 0 aliphatic carbocycles. The maximum atomic E-state index is 10.1. The molecule has 0 radical (unpaired) electrons. The summed E-state index contributed by atoms with van der Waals surface area (Å²) in [7, 11) is 2.25. The summed E-state index contributed by atoms with van der Waals surface area (Å²) in [6.45, 7) is 3.28. The Morgan fingerprint density at radius 3 is 2.31 bits per heavy atom. The number of quaternary nitrogens is 1. The van der Waals surface area contributed by atoms with Crippen LogP contribution in [0.3, 0.4) is 0 Å². The van der Waals surface area contributed by atoms with Crippen LogP contribution in [0.15, 0.2) is 30.3 Å². The second-order valence-electron chi connectivity index (χ2n) is 4.88. The van der Waals surface area contributed by atoms with E-state index in [1.165, 1.54) is 25.9 Å². The molecule has 16 heavy (non-hydrogen) atoms. The molecular formula is C13H20INO. The quantitative estimate of drug-likeness (QED) is 0.554. The van der Waals surface area contributed by atoms with Gasteiger partial charge in [0.1, 0.15) is 12.6 Å². The normalized spacial score (nSPS) is 20.1. The van der Waals surface area contributed by atoms with Crippen LogP contribution in [0.4, 0.5) is 0 Å². The van der Waals surface area contributed by atoms with Crippen LogP contribution in [0.5, 0.6) is 0 Å². The number of rotatable bonds is 3. The van der Waals surface area contributed by atoms with Crippen LogP contribution in [0.2, 0.25) is 0 Å². The van der Waals surface area contributed by atoms with E-state index in [-0.39, 0.29) is 30.1 Å². The number of hydrogen-bond acceptors (Lipinski definition) is 1. The van der Waals surface area contributed by atoms with Crippen molar-refractivity contribution >= 4 is 0 Å². The fourth-order valence-electron chi connectivity index (χ4n) is 2.48. The first-order chi connectivity index (χ1) is 7.20. The number of aliphatic hydroxyl groups is 1. The number of likely N-dealkylation sites (tertiary alicyclic amines) is 1. The van der Waals surface area contributed by atoms with Gasteiger partial charge in [0.15, 0.2) is 0 Å². The van der Waals surface area contributed by atoms with Gasteiger partial charge in [-0.25, -0.2) is 0 Å². The first-order valence-electron chi connectivity index (χ1n) is 5.76. The van der Waals surface area contributed by atoms with E-state index in [1.54, 1.807) is 0 Å². The third-order valence-corrected chi connectivity index (χ3v) is 3.44. The number of nitrogens with zero attached hydrogens (tertiary/aromatic N) is 1. The Labute approximate surface area is 115 Å². The van der Waals surface area contributed by atoms with Crippen LogP contribution in [0, 0.1) is 0 Å². The summed E-state index contributed by atoms with van der Waals surface area (Å²) in [6, 6.07) is 9.98. The maximum Gasteiger partial charge on any atom is 0.128 e. The zero-order chi connectivity index (χ0) is 10.7. The second-order valence-corrected chi connectivity index (χ2v) is 4.88. The van der Waals surface area contributed by atoms with Gasteiger partial charge in [0.25, 0.3) is 0 Å². The molecule has 1 unspecified atom stereocenters. The number of halogens is 1. The molecule has 1 N–H and O–H groups in total. The van der Waals surface area contributed by atoms with Crippen LogP contribution in [0.25, 0.3) is 0 Å². The smallest absolute Gasteiger partial charge is 0.128 e. The van der Waals surface area contributed by atoms with Crippen LogP contribution in [-0.4, -0.2) is 36.3 Å². The molecule has 2 rings (SSSR count). The third kappa shape index (κ3) is 3.43. The highest BCUT2D eigenvalue weighted by Crippen LogP contribution is 2.22. The summed E-state index contributed by atoms with van der Waals surface area (Å²) >= 11 is 0. The Balaban J connectivity index is 0.00000128. The molecule has 0 spiro atoms. The van der Waals surface area contributed by atoms with E-state index in [2.05, 4.69) is 7.05 Å². The van der Waals surface area contributed by atoms with Crippen molar-refractivity contribution in [2.24, 2.45) is 0 Å². The minimum absolute atomic E-state index is 0. The summed E-state index contributed by atoms with van der Waals surface area (Å²) in [5, 5.41) is 10.1. The molecular weight excluding hydrogens is 313 g/mol. The molecule has 1 saturated heterocycles. The lowest BCUT2D eigenvalue weighted by molar-refractivity contribution is -0.901. The largest absolute Gasteiger partial charge is 1.00 e. The van der Waals surface area contributed by atoms with Gasteiger partial charge >= 0.3 is 0 Å². The molecule has 2 nitrogen and oxygen atoms in total. The Hall–Kier alpha value is -0.130. The van der Waals surface area contributed by atoms with E-state index in [4.69, 9.17) is 0 Å². The number of hydrogen-bond donors (Lipinski definition) is 1. The number of likely N-dealkylation sites (N-methyl/N-ethyl adjacent to an activating group) is 1. The monoisotopic (exact) mass is 333 g/mol. The SMILES string of the molecule is C[N+]1(CC(O)c2ccccc2)CCCC1.[I-]. The Kier molecular flexibility index (Phi) is 5.21. The fraction of sp³-hybridized carbons (Fsp3) is 0.538. The Morgan fingerprint density at radius 2 is 1.75 bits per heavy atom. The molecule has 1 heterocycles. The summed E-state index contributed by atoms with van der Waals surface area (Å²) in [4.78, 5) is 0. The summed E-state index contributed by atoms with van der Waals surface area (Å²) in [5.74, 6) is 0. The van der Waals surface area contributed by atoms with Crippen molar-refractivity contribution < 1.29 is 33.6 Å². The van der Waals surface area contributed by atoms with Gasteiger partial charge in [-0.3, -0.25) is 0 Å². The molecule has 1 aromatic rings. The maximum absolute atomic E-state index is 10.1. The standard InChI is InChI=1S/C13H20NO.HI/c1-14(9-5-6-10-14)11-13(15)12-7-3-2-4-8-12;/h2-4,7-8,13,15H,5-6,9-11H2,1H3;1H/q+1;/p-1.